The number of aryl methyl sites for hydroxylation is 2. The number of thioether (sulfide) groups is 1. The van der Waals surface area contributed by atoms with E-state index in [1.165, 1.54) is 12.3 Å². The molecule has 0 spiro atoms. The molecule has 3 aromatic rings. The minimum Gasteiger partial charge on any atom is -0.478 e. The number of rotatable bonds is 6. The molecule has 12 heteroatoms. The Bertz CT molecular complexity index is 1260. The highest BCUT2D eigenvalue weighted by Crippen LogP contribution is 2.36. The SMILES string of the molecule is Cc1c(Oc2ncc(Cl)cc2OCC(F)(F)F)ccc2nc(C(=O)NC3(C)CCSCC3)n(C)c12. The maximum atomic E-state index is 13.1. The van der Waals surface area contributed by atoms with E-state index in [0.717, 1.165) is 24.3 Å². The lowest BCUT2D eigenvalue weighted by Crippen LogP contribution is -2.48. The van der Waals surface area contributed by atoms with Gasteiger partial charge in [-0.15, -0.1) is 0 Å². The van der Waals surface area contributed by atoms with Crippen LogP contribution >= 0.6 is 23.4 Å². The molecule has 188 valence electrons. The van der Waals surface area contributed by atoms with Crippen molar-refractivity contribution in [3.63, 3.8) is 0 Å². The summed E-state index contributed by atoms with van der Waals surface area (Å²) in [6, 6.07) is 4.51. The second-order valence-electron chi connectivity index (χ2n) is 8.64. The van der Waals surface area contributed by atoms with Gasteiger partial charge in [0.05, 0.1) is 16.1 Å². The number of hydrogen-bond donors (Lipinski definition) is 1. The number of pyridine rings is 1. The zero-order chi connectivity index (χ0) is 25.4. The molecule has 0 atom stereocenters. The van der Waals surface area contributed by atoms with Crippen LogP contribution < -0.4 is 14.8 Å². The van der Waals surface area contributed by atoms with Crippen molar-refractivity contribution in [3.05, 3.63) is 40.8 Å². The minimum atomic E-state index is -4.53. The Hall–Kier alpha value is -2.66. The molecular formula is C23H24ClF3N4O3S. The number of halogens is 4. The maximum absolute atomic E-state index is 13.1. The Morgan fingerprint density at radius 2 is 2.00 bits per heavy atom. The maximum Gasteiger partial charge on any atom is 0.422 e. The Morgan fingerprint density at radius 1 is 1.29 bits per heavy atom. The zero-order valence-electron chi connectivity index (χ0n) is 19.3. The summed E-state index contributed by atoms with van der Waals surface area (Å²) in [7, 11) is 1.73. The number of hydrogen-bond acceptors (Lipinski definition) is 6. The first-order valence-corrected chi connectivity index (χ1v) is 12.4. The quantitative estimate of drug-likeness (QED) is 0.443. The number of nitrogens with one attached hydrogen (secondary N) is 1. The smallest absolute Gasteiger partial charge is 0.422 e. The molecule has 35 heavy (non-hydrogen) atoms. The third-order valence-electron chi connectivity index (χ3n) is 5.84. The van der Waals surface area contributed by atoms with E-state index >= 15 is 0 Å². The number of benzene rings is 1. The minimum absolute atomic E-state index is 0.106. The lowest BCUT2D eigenvalue weighted by Gasteiger charge is -2.34. The van der Waals surface area contributed by atoms with Gasteiger partial charge >= 0.3 is 6.18 Å². The van der Waals surface area contributed by atoms with Crippen LogP contribution in [0.1, 0.15) is 35.9 Å². The van der Waals surface area contributed by atoms with E-state index in [2.05, 4.69) is 15.3 Å². The number of carbonyl (C=O) groups excluding carboxylic acids is 1. The van der Waals surface area contributed by atoms with Crippen LogP contribution in [0.3, 0.4) is 0 Å². The molecule has 4 rings (SSSR count). The Kier molecular flexibility index (Phi) is 7.10. The number of aromatic nitrogens is 3. The van der Waals surface area contributed by atoms with Crippen LogP contribution in [0.4, 0.5) is 13.2 Å². The van der Waals surface area contributed by atoms with Crippen LogP contribution in [0, 0.1) is 6.92 Å². The van der Waals surface area contributed by atoms with Crippen LogP contribution in [-0.2, 0) is 7.05 Å². The second kappa shape index (κ2) is 9.77. The molecule has 1 saturated heterocycles. The first-order valence-electron chi connectivity index (χ1n) is 10.8. The molecule has 0 aliphatic carbocycles. The molecule has 0 saturated carbocycles. The van der Waals surface area contributed by atoms with Gasteiger partial charge in [0, 0.05) is 30.4 Å². The molecule has 1 aliphatic rings. The fourth-order valence-electron chi connectivity index (χ4n) is 3.92. The Balaban J connectivity index is 1.62. The monoisotopic (exact) mass is 528 g/mol. The number of nitrogens with zero attached hydrogens (tertiary/aromatic N) is 3. The average Bonchev–Trinajstić information content (AvgIpc) is 3.12. The standard InChI is InChI=1S/C23H24ClF3N4O3S/c1-13-16(34-21-17(10-14(24)11-28-21)33-12-23(25,26)27)5-4-15-18(13)31(3)19(29-15)20(32)30-22(2)6-8-35-9-7-22/h4-5,10-11H,6-9,12H2,1-3H3,(H,30,32). The van der Waals surface area contributed by atoms with Gasteiger partial charge in [-0.2, -0.15) is 24.9 Å². The third-order valence-corrected chi connectivity index (χ3v) is 7.03. The van der Waals surface area contributed by atoms with E-state index in [9.17, 15) is 18.0 Å². The molecule has 0 bridgehead atoms. The summed E-state index contributed by atoms with van der Waals surface area (Å²) in [6.45, 7) is 2.30. The Labute approximate surface area is 209 Å². The van der Waals surface area contributed by atoms with Crippen molar-refractivity contribution in [3.8, 4) is 17.4 Å². The van der Waals surface area contributed by atoms with Gasteiger partial charge in [-0.05, 0) is 50.3 Å². The van der Waals surface area contributed by atoms with Crippen molar-refractivity contribution in [2.75, 3.05) is 18.1 Å². The van der Waals surface area contributed by atoms with Gasteiger partial charge in [0.25, 0.3) is 11.8 Å². The number of imidazole rings is 1. The molecule has 0 radical (unpaired) electrons. The van der Waals surface area contributed by atoms with E-state index in [0.29, 0.717) is 22.3 Å². The first-order chi connectivity index (χ1) is 16.5. The lowest BCUT2D eigenvalue weighted by atomic mass is 9.95. The summed E-state index contributed by atoms with van der Waals surface area (Å²) in [4.78, 5) is 21.6. The fourth-order valence-corrected chi connectivity index (χ4v) is 5.46. The highest BCUT2D eigenvalue weighted by atomic mass is 35.5. The summed E-state index contributed by atoms with van der Waals surface area (Å²) < 4.78 is 50.3. The van der Waals surface area contributed by atoms with E-state index in [1.807, 2.05) is 18.7 Å². The van der Waals surface area contributed by atoms with Crippen molar-refractivity contribution in [1.82, 2.24) is 19.9 Å². The second-order valence-corrected chi connectivity index (χ2v) is 10.3. The van der Waals surface area contributed by atoms with E-state index in [4.69, 9.17) is 21.1 Å². The van der Waals surface area contributed by atoms with Crippen molar-refractivity contribution in [2.45, 2.75) is 38.4 Å². The fraction of sp³-hybridized carbons (Fsp3) is 0.435. The highest BCUT2D eigenvalue weighted by Gasteiger charge is 2.31. The summed E-state index contributed by atoms with van der Waals surface area (Å²) in [6.07, 6.45) is -1.51. The average molecular weight is 529 g/mol. The molecule has 1 amide bonds. The van der Waals surface area contributed by atoms with E-state index in [-0.39, 0.29) is 33.9 Å². The molecule has 1 aromatic carbocycles. The van der Waals surface area contributed by atoms with Crippen molar-refractivity contribution < 1.29 is 27.4 Å². The zero-order valence-corrected chi connectivity index (χ0v) is 20.9. The van der Waals surface area contributed by atoms with Gasteiger partial charge in [-0.3, -0.25) is 4.79 Å². The van der Waals surface area contributed by atoms with Gasteiger partial charge < -0.3 is 19.4 Å². The summed E-state index contributed by atoms with van der Waals surface area (Å²) in [5.41, 5.74) is 1.60. The van der Waals surface area contributed by atoms with Crippen molar-refractivity contribution in [1.29, 1.82) is 0 Å². The number of amides is 1. The molecule has 1 aliphatic heterocycles. The number of fused-ring (bicyclic) bond motifs is 1. The van der Waals surface area contributed by atoms with Crippen LogP contribution in [-0.4, -0.2) is 50.3 Å². The van der Waals surface area contributed by atoms with E-state index < -0.39 is 12.8 Å². The van der Waals surface area contributed by atoms with Crippen LogP contribution in [0.25, 0.3) is 11.0 Å². The molecule has 1 N–H and O–H groups in total. The third kappa shape index (κ3) is 5.78. The normalized spacial score (nSPS) is 15.7. The molecule has 7 nitrogen and oxygen atoms in total. The topological polar surface area (TPSA) is 78.3 Å². The van der Waals surface area contributed by atoms with Gasteiger partial charge in [0.15, 0.2) is 18.2 Å². The highest BCUT2D eigenvalue weighted by molar-refractivity contribution is 7.99. The first kappa shape index (κ1) is 25.4. The summed E-state index contributed by atoms with van der Waals surface area (Å²) >= 11 is 7.76. The van der Waals surface area contributed by atoms with Gasteiger partial charge in [-0.25, -0.2) is 9.97 Å². The van der Waals surface area contributed by atoms with Gasteiger partial charge in [0.1, 0.15) is 5.75 Å². The molecular weight excluding hydrogens is 505 g/mol. The summed E-state index contributed by atoms with van der Waals surface area (Å²) in [5.74, 6) is 1.91. The molecule has 1 fully saturated rings. The number of carbonyl (C=O) groups is 1. The molecule has 2 aromatic heterocycles. The van der Waals surface area contributed by atoms with Crippen LogP contribution in [0.5, 0.6) is 17.4 Å². The predicted octanol–water partition coefficient (Wildman–Crippen LogP) is 5.68. The largest absolute Gasteiger partial charge is 0.478 e. The Morgan fingerprint density at radius 3 is 2.69 bits per heavy atom. The summed E-state index contributed by atoms with van der Waals surface area (Å²) in [5, 5.41) is 3.23. The van der Waals surface area contributed by atoms with Crippen LogP contribution in [0.15, 0.2) is 24.4 Å². The number of ether oxygens (including phenoxy) is 2. The van der Waals surface area contributed by atoms with Crippen molar-refractivity contribution in [2.24, 2.45) is 7.05 Å². The van der Waals surface area contributed by atoms with Gasteiger partial charge in [-0.1, -0.05) is 11.6 Å². The van der Waals surface area contributed by atoms with Crippen LogP contribution in [0.2, 0.25) is 5.02 Å². The van der Waals surface area contributed by atoms with E-state index in [1.54, 1.807) is 30.7 Å². The predicted molar refractivity (Wildman–Crippen MR) is 129 cm³/mol. The van der Waals surface area contributed by atoms with Gasteiger partial charge in [0.2, 0.25) is 0 Å². The molecule has 3 heterocycles. The molecule has 0 unspecified atom stereocenters. The van der Waals surface area contributed by atoms with Crippen molar-refractivity contribution >= 4 is 40.3 Å². The lowest BCUT2D eigenvalue weighted by molar-refractivity contribution is -0.153. The number of alkyl halides is 3.